The van der Waals surface area contributed by atoms with Crippen LogP contribution in [0.3, 0.4) is 0 Å². The smallest absolute Gasteiger partial charge is 0.186 e. The second-order valence-corrected chi connectivity index (χ2v) is 5.30. The summed E-state index contributed by atoms with van der Waals surface area (Å²) >= 11 is 4.77. The van der Waals surface area contributed by atoms with Gasteiger partial charge in [0.2, 0.25) is 0 Å². The number of halogens is 1. The topological polar surface area (TPSA) is 30.0 Å². The maximum atomic E-state index is 11.8. The van der Waals surface area contributed by atoms with Crippen LogP contribution in [0.2, 0.25) is 0 Å². The van der Waals surface area contributed by atoms with E-state index in [1.54, 1.807) is 29.8 Å². The van der Waals surface area contributed by atoms with Crippen LogP contribution in [0.15, 0.2) is 69.6 Å². The lowest BCUT2D eigenvalue weighted by molar-refractivity contribution is 0.104. The Hall–Kier alpha value is -1.39. The van der Waals surface area contributed by atoms with Crippen molar-refractivity contribution in [2.24, 2.45) is 0 Å². The van der Waals surface area contributed by atoms with E-state index >= 15 is 0 Å². The number of ketones is 1. The molecule has 0 fully saturated rings. The van der Waals surface area contributed by atoms with Gasteiger partial charge in [-0.2, -0.15) is 0 Å². The van der Waals surface area contributed by atoms with Crippen LogP contribution in [-0.2, 0) is 0 Å². The summed E-state index contributed by atoms with van der Waals surface area (Å²) in [7, 11) is 0. The fraction of sp³-hybridized carbons (Fsp3) is 0. The highest BCUT2D eigenvalue weighted by Gasteiger charge is 2.01. The molecule has 0 aliphatic heterocycles. The normalized spacial score (nSPS) is 10.7. The Morgan fingerprint density at radius 1 is 1.22 bits per heavy atom. The van der Waals surface area contributed by atoms with Gasteiger partial charge in [0.05, 0.1) is 0 Å². The van der Waals surface area contributed by atoms with Crippen molar-refractivity contribution in [1.29, 1.82) is 0 Å². The molecule has 0 N–H and O–H groups in total. The third-order valence-corrected chi connectivity index (χ3v) is 3.40. The summed E-state index contributed by atoms with van der Waals surface area (Å²) in [5, 5.41) is 2.63. The van der Waals surface area contributed by atoms with Crippen LogP contribution in [0.1, 0.15) is 10.4 Å². The molecule has 18 heavy (non-hydrogen) atoms. The number of aromatic nitrogens is 1. The van der Waals surface area contributed by atoms with Gasteiger partial charge in [-0.3, -0.25) is 4.79 Å². The molecular weight excluding hydrogens is 310 g/mol. The zero-order valence-electron chi connectivity index (χ0n) is 9.42. The van der Waals surface area contributed by atoms with Gasteiger partial charge in [-0.05, 0) is 35.7 Å². The molecule has 1 aromatic carbocycles. The molecule has 0 bridgehead atoms. The molecule has 0 unspecified atom stereocenters. The van der Waals surface area contributed by atoms with Crippen LogP contribution in [0.4, 0.5) is 0 Å². The average Bonchev–Trinajstić information content (AvgIpc) is 2.40. The molecule has 0 radical (unpaired) electrons. The summed E-state index contributed by atoms with van der Waals surface area (Å²) in [5.74, 6) is -0.0141. The van der Waals surface area contributed by atoms with E-state index in [4.69, 9.17) is 0 Å². The van der Waals surface area contributed by atoms with Crippen molar-refractivity contribution in [1.82, 2.24) is 4.98 Å². The molecule has 0 saturated heterocycles. The van der Waals surface area contributed by atoms with Crippen molar-refractivity contribution >= 4 is 33.5 Å². The Morgan fingerprint density at radius 2 is 2.11 bits per heavy atom. The van der Waals surface area contributed by atoms with Crippen LogP contribution < -0.4 is 0 Å². The number of hydrogen-bond acceptors (Lipinski definition) is 3. The third kappa shape index (κ3) is 3.82. The fourth-order valence-corrected chi connectivity index (χ4v) is 2.33. The van der Waals surface area contributed by atoms with E-state index < -0.39 is 0 Å². The zero-order valence-corrected chi connectivity index (χ0v) is 11.8. The lowest BCUT2D eigenvalue weighted by Gasteiger charge is -1.96. The Kier molecular flexibility index (Phi) is 4.73. The van der Waals surface area contributed by atoms with E-state index in [1.165, 1.54) is 11.8 Å². The van der Waals surface area contributed by atoms with Gasteiger partial charge in [0.15, 0.2) is 5.78 Å². The highest BCUT2D eigenvalue weighted by molar-refractivity contribution is 9.10. The van der Waals surface area contributed by atoms with E-state index in [2.05, 4.69) is 20.9 Å². The minimum Gasteiger partial charge on any atom is -0.289 e. The quantitative estimate of drug-likeness (QED) is 0.477. The molecular formula is C14H10BrNOS. The predicted molar refractivity (Wildman–Crippen MR) is 77.7 cm³/mol. The van der Waals surface area contributed by atoms with Crippen molar-refractivity contribution in [2.45, 2.75) is 5.03 Å². The summed E-state index contributed by atoms with van der Waals surface area (Å²) in [6.45, 7) is 0. The number of benzene rings is 1. The SMILES string of the molecule is O=C(C=CSc1ccccn1)c1cccc(Br)c1. The van der Waals surface area contributed by atoms with Gasteiger partial charge in [-0.1, -0.05) is 45.9 Å². The summed E-state index contributed by atoms with van der Waals surface area (Å²) in [4.78, 5) is 16.0. The Balaban J connectivity index is 1.99. The first-order valence-corrected chi connectivity index (χ1v) is 6.97. The van der Waals surface area contributed by atoms with Gasteiger partial charge < -0.3 is 0 Å². The molecule has 4 heteroatoms. The van der Waals surface area contributed by atoms with Crippen LogP contribution in [-0.4, -0.2) is 10.8 Å². The molecule has 1 aromatic heterocycles. The van der Waals surface area contributed by atoms with E-state index in [0.717, 1.165) is 9.50 Å². The second kappa shape index (κ2) is 6.52. The van der Waals surface area contributed by atoms with Crippen molar-refractivity contribution in [3.8, 4) is 0 Å². The van der Waals surface area contributed by atoms with E-state index in [0.29, 0.717) is 5.56 Å². The minimum atomic E-state index is -0.0141. The van der Waals surface area contributed by atoms with Gasteiger partial charge in [0, 0.05) is 16.2 Å². The van der Waals surface area contributed by atoms with Gasteiger partial charge >= 0.3 is 0 Å². The van der Waals surface area contributed by atoms with Gasteiger partial charge in [-0.15, -0.1) is 0 Å². The van der Waals surface area contributed by atoms with Crippen molar-refractivity contribution in [3.05, 3.63) is 70.2 Å². The van der Waals surface area contributed by atoms with Crippen LogP contribution >= 0.6 is 27.7 Å². The number of carbonyl (C=O) groups is 1. The largest absolute Gasteiger partial charge is 0.289 e. The summed E-state index contributed by atoms with van der Waals surface area (Å²) < 4.78 is 0.902. The summed E-state index contributed by atoms with van der Waals surface area (Å²) in [6, 6.07) is 13.0. The average molecular weight is 320 g/mol. The zero-order chi connectivity index (χ0) is 12.8. The predicted octanol–water partition coefficient (Wildman–Crippen LogP) is 4.33. The van der Waals surface area contributed by atoms with E-state index in [9.17, 15) is 4.79 Å². The van der Waals surface area contributed by atoms with Gasteiger partial charge in [0.25, 0.3) is 0 Å². The number of rotatable bonds is 4. The molecule has 0 aliphatic rings. The Bertz CT molecular complexity index is 569. The van der Waals surface area contributed by atoms with Crippen LogP contribution in [0.5, 0.6) is 0 Å². The van der Waals surface area contributed by atoms with Crippen LogP contribution in [0, 0.1) is 0 Å². The van der Waals surface area contributed by atoms with Gasteiger partial charge in [0.1, 0.15) is 5.03 Å². The Labute approximate surface area is 118 Å². The van der Waals surface area contributed by atoms with Crippen molar-refractivity contribution < 1.29 is 4.79 Å². The number of pyridine rings is 1. The molecule has 0 spiro atoms. The highest BCUT2D eigenvalue weighted by atomic mass is 79.9. The second-order valence-electron chi connectivity index (χ2n) is 3.46. The molecule has 0 atom stereocenters. The molecule has 0 amide bonds. The first-order valence-electron chi connectivity index (χ1n) is 5.30. The number of carbonyl (C=O) groups excluding carboxylic acids is 1. The molecule has 2 rings (SSSR count). The molecule has 2 aromatic rings. The summed E-state index contributed by atoms with van der Waals surface area (Å²) in [5.41, 5.74) is 0.669. The Morgan fingerprint density at radius 3 is 2.83 bits per heavy atom. The highest BCUT2D eigenvalue weighted by Crippen LogP contribution is 2.17. The fourth-order valence-electron chi connectivity index (χ4n) is 1.32. The lowest BCUT2D eigenvalue weighted by atomic mass is 10.1. The first kappa shape index (κ1) is 13.1. The maximum absolute atomic E-state index is 11.8. The van der Waals surface area contributed by atoms with Crippen molar-refractivity contribution in [2.75, 3.05) is 0 Å². The third-order valence-electron chi connectivity index (χ3n) is 2.16. The number of thioether (sulfide) groups is 1. The lowest BCUT2D eigenvalue weighted by Crippen LogP contribution is -1.92. The number of allylic oxidation sites excluding steroid dienone is 1. The number of nitrogens with zero attached hydrogens (tertiary/aromatic N) is 1. The number of hydrogen-bond donors (Lipinski definition) is 0. The monoisotopic (exact) mass is 319 g/mol. The molecule has 0 aliphatic carbocycles. The van der Waals surface area contributed by atoms with Crippen molar-refractivity contribution in [3.63, 3.8) is 0 Å². The first-order chi connectivity index (χ1) is 8.75. The van der Waals surface area contributed by atoms with Gasteiger partial charge in [-0.25, -0.2) is 4.98 Å². The molecule has 2 nitrogen and oxygen atoms in total. The minimum absolute atomic E-state index is 0.0141. The summed E-state index contributed by atoms with van der Waals surface area (Å²) in [6.07, 6.45) is 3.29. The molecule has 0 saturated carbocycles. The molecule has 90 valence electrons. The maximum Gasteiger partial charge on any atom is 0.186 e. The molecule has 1 heterocycles. The standard InChI is InChI=1S/C14H10BrNOS/c15-12-5-3-4-11(10-12)13(17)7-9-18-14-6-1-2-8-16-14/h1-10H. The van der Waals surface area contributed by atoms with E-state index in [1.807, 2.05) is 30.3 Å². The van der Waals surface area contributed by atoms with Crippen LogP contribution in [0.25, 0.3) is 0 Å². The van der Waals surface area contributed by atoms with E-state index in [-0.39, 0.29) is 5.78 Å².